The molecule has 1 aromatic rings. The Morgan fingerprint density at radius 2 is 1.76 bits per heavy atom. The minimum Gasteiger partial charge on any atom is -0.451 e. The van der Waals surface area contributed by atoms with Crippen molar-refractivity contribution in [2.24, 2.45) is 5.92 Å². The van der Waals surface area contributed by atoms with Gasteiger partial charge in [0.2, 0.25) is 0 Å². The Morgan fingerprint density at radius 1 is 1.12 bits per heavy atom. The summed E-state index contributed by atoms with van der Waals surface area (Å²) in [7, 11) is 0. The molecule has 0 saturated carbocycles. The number of hydrogen-bond acceptors (Lipinski definition) is 5. The van der Waals surface area contributed by atoms with Crippen LogP contribution in [-0.4, -0.2) is 30.7 Å². The molecule has 0 aromatic heterocycles. The number of amides is 1. The third-order valence-electron chi connectivity index (χ3n) is 3.56. The molecule has 2 unspecified atom stereocenters. The van der Waals surface area contributed by atoms with Gasteiger partial charge in [0.1, 0.15) is 0 Å². The van der Waals surface area contributed by atoms with Crippen LogP contribution in [0.15, 0.2) is 24.3 Å². The Morgan fingerprint density at radius 3 is 2.32 bits per heavy atom. The highest BCUT2D eigenvalue weighted by molar-refractivity contribution is 5.95. The van der Waals surface area contributed by atoms with Crippen LogP contribution in [0.5, 0.6) is 0 Å². The SMILES string of the molecule is CC(C)CCOC(C)C(=O)OC(C)C(=O)Nc1ccc(CC#N)cc1. The Bertz CT molecular complexity index is 605. The van der Waals surface area contributed by atoms with Crippen LogP contribution in [0.2, 0.25) is 0 Å². The molecule has 0 saturated heterocycles. The van der Waals surface area contributed by atoms with Gasteiger partial charge in [0, 0.05) is 12.3 Å². The number of hydrogen-bond donors (Lipinski definition) is 1. The predicted octanol–water partition coefficient (Wildman–Crippen LogP) is 3.07. The quantitative estimate of drug-likeness (QED) is 0.694. The molecule has 0 aliphatic heterocycles. The van der Waals surface area contributed by atoms with Crippen molar-refractivity contribution in [2.45, 2.75) is 52.7 Å². The highest BCUT2D eigenvalue weighted by atomic mass is 16.6. The van der Waals surface area contributed by atoms with Crippen molar-refractivity contribution < 1.29 is 19.1 Å². The predicted molar refractivity (Wildman–Crippen MR) is 94.8 cm³/mol. The molecule has 1 aromatic carbocycles. The van der Waals surface area contributed by atoms with Crippen LogP contribution in [0.4, 0.5) is 5.69 Å². The second-order valence-corrected chi connectivity index (χ2v) is 6.30. The monoisotopic (exact) mass is 346 g/mol. The standard InChI is InChI=1S/C19H26N2O4/c1-13(2)10-12-24-15(4)19(23)25-14(3)18(22)21-17-7-5-16(6-8-17)9-11-20/h5-8,13-15H,9-10,12H2,1-4H3,(H,21,22). The summed E-state index contributed by atoms with van der Waals surface area (Å²) in [4.78, 5) is 24.0. The van der Waals surface area contributed by atoms with E-state index in [0.29, 0.717) is 24.6 Å². The van der Waals surface area contributed by atoms with Crippen LogP contribution in [0.3, 0.4) is 0 Å². The molecule has 0 aliphatic rings. The minimum absolute atomic E-state index is 0.316. The minimum atomic E-state index is -0.928. The average Bonchev–Trinajstić information content (AvgIpc) is 2.56. The van der Waals surface area contributed by atoms with Gasteiger partial charge in [-0.1, -0.05) is 26.0 Å². The van der Waals surface area contributed by atoms with Crippen LogP contribution in [0.25, 0.3) is 0 Å². The number of carbonyl (C=O) groups excluding carboxylic acids is 2. The first-order valence-corrected chi connectivity index (χ1v) is 8.42. The first-order valence-electron chi connectivity index (χ1n) is 8.42. The number of benzene rings is 1. The first-order chi connectivity index (χ1) is 11.8. The smallest absolute Gasteiger partial charge is 0.335 e. The molecule has 6 heteroatoms. The molecule has 1 rings (SSSR count). The summed E-state index contributed by atoms with van der Waals surface area (Å²) in [5.74, 6) is -0.487. The number of nitrogens with zero attached hydrogens (tertiary/aromatic N) is 1. The molecule has 2 atom stereocenters. The summed E-state index contributed by atoms with van der Waals surface area (Å²) in [6.07, 6.45) is -0.464. The second kappa shape index (κ2) is 10.5. The van der Waals surface area contributed by atoms with E-state index in [1.54, 1.807) is 31.2 Å². The van der Waals surface area contributed by atoms with Crippen LogP contribution in [0.1, 0.15) is 39.7 Å². The van der Waals surface area contributed by atoms with Gasteiger partial charge in [-0.05, 0) is 43.9 Å². The van der Waals surface area contributed by atoms with Crippen molar-refractivity contribution in [3.8, 4) is 6.07 Å². The van der Waals surface area contributed by atoms with Crippen molar-refractivity contribution in [3.05, 3.63) is 29.8 Å². The van der Waals surface area contributed by atoms with Crippen molar-refractivity contribution in [3.63, 3.8) is 0 Å². The van der Waals surface area contributed by atoms with Gasteiger partial charge in [-0.15, -0.1) is 0 Å². The maximum absolute atomic E-state index is 12.1. The van der Waals surface area contributed by atoms with Crippen molar-refractivity contribution in [1.29, 1.82) is 5.26 Å². The Hall–Kier alpha value is -2.39. The van der Waals surface area contributed by atoms with Gasteiger partial charge in [0.15, 0.2) is 12.2 Å². The van der Waals surface area contributed by atoms with Gasteiger partial charge in [-0.2, -0.15) is 5.26 Å². The van der Waals surface area contributed by atoms with Crippen LogP contribution >= 0.6 is 0 Å². The molecule has 0 spiro atoms. The van der Waals surface area contributed by atoms with Gasteiger partial charge in [-0.25, -0.2) is 4.79 Å². The zero-order valence-corrected chi connectivity index (χ0v) is 15.2. The molecule has 0 fully saturated rings. The highest BCUT2D eigenvalue weighted by Gasteiger charge is 2.22. The third kappa shape index (κ3) is 7.81. The number of nitriles is 1. The molecule has 0 aliphatic carbocycles. The number of anilines is 1. The Kier molecular flexibility index (Phi) is 8.65. The fraction of sp³-hybridized carbons (Fsp3) is 0.526. The van der Waals surface area contributed by atoms with Gasteiger partial charge in [-0.3, -0.25) is 4.79 Å². The normalized spacial score (nSPS) is 13.0. The lowest BCUT2D eigenvalue weighted by atomic mass is 10.1. The molecule has 0 heterocycles. The first kappa shape index (κ1) is 20.7. The molecular formula is C19H26N2O4. The van der Waals surface area contributed by atoms with Gasteiger partial charge in [0.25, 0.3) is 5.91 Å². The Labute approximate surface area is 149 Å². The van der Waals surface area contributed by atoms with Crippen molar-refractivity contribution in [1.82, 2.24) is 0 Å². The largest absolute Gasteiger partial charge is 0.451 e. The lowest BCUT2D eigenvalue weighted by Crippen LogP contribution is -2.34. The molecule has 1 amide bonds. The van der Waals surface area contributed by atoms with E-state index in [1.807, 2.05) is 0 Å². The number of esters is 1. The summed E-state index contributed by atoms with van der Waals surface area (Å²) in [6, 6.07) is 9.00. The molecule has 25 heavy (non-hydrogen) atoms. The number of ether oxygens (including phenoxy) is 2. The molecular weight excluding hydrogens is 320 g/mol. The molecule has 0 bridgehead atoms. The zero-order valence-electron chi connectivity index (χ0n) is 15.2. The maximum Gasteiger partial charge on any atom is 0.335 e. The van der Waals surface area contributed by atoms with E-state index in [-0.39, 0.29) is 0 Å². The lowest BCUT2D eigenvalue weighted by molar-refractivity contribution is -0.163. The summed E-state index contributed by atoms with van der Waals surface area (Å²) in [5, 5.41) is 11.3. The summed E-state index contributed by atoms with van der Waals surface area (Å²) >= 11 is 0. The molecule has 6 nitrogen and oxygen atoms in total. The number of carbonyl (C=O) groups is 2. The van der Waals surface area contributed by atoms with Crippen LogP contribution in [-0.2, 0) is 25.5 Å². The maximum atomic E-state index is 12.1. The van der Waals surface area contributed by atoms with Crippen molar-refractivity contribution in [2.75, 3.05) is 11.9 Å². The van der Waals surface area contributed by atoms with E-state index in [2.05, 4.69) is 25.2 Å². The van der Waals surface area contributed by atoms with Crippen LogP contribution in [0, 0.1) is 17.2 Å². The molecule has 136 valence electrons. The van der Waals surface area contributed by atoms with E-state index < -0.39 is 24.1 Å². The summed E-state index contributed by atoms with van der Waals surface area (Å²) in [6.45, 7) is 7.75. The van der Waals surface area contributed by atoms with Crippen molar-refractivity contribution >= 4 is 17.6 Å². The van der Waals surface area contributed by atoms with E-state index in [9.17, 15) is 9.59 Å². The fourth-order valence-electron chi connectivity index (χ4n) is 1.91. The third-order valence-corrected chi connectivity index (χ3v) is 3.56. The zero-order chi connectivity index (χ0) is 18.8. The van der Waals surface area contributed by atoms with E-state index >= 15 is 0 Å². The van der Waals surface area contributed by atoms with Gasteiger partial charge >= 0.3 is 5.97 Å². The molecule has 1 N–H and O–H groups in total. The fourth-order valence-corrected chi connectivity index (χ4v) is 1.91. The van der Waals surface area contributed by atoms with E-state index in [4.69, 9.17) is 14.7 Å². The van der Waals surface area contributed by atoms with Gasteiger partial charge < -0.3 is 14.8 Å². The second-order valence-electron chi connectivity index (χ2n) is 6.30. The average molecular weight is 346 g/mol. The lowest BCUT2D eigenvalue weighted by Gasteiger charge is -2.17. The number of rotatable bonds is 9. The van der Waals surface area contributed by atoms with Gasteiger partial charge in [0.05, 0.1) is 12.5 Å². The molecule has 0 radical (unpaired) electrons. The van der Waals surface area contributed by atoms with Crippen LogP contribution < -0.4 is 5.32 Å². The number of nitrogens with one attached hydrogen (secondary N) is 1. The Balaban J connectivity index is 2.44. The summed E-state index contributed by atoms with van der Waals surface area (Å²) < 4.78 is 10.6. The van der Waals surface area contributed by atoms with E-state index in [0.717, 1.165) is 12.0 Å². The highest BCUT2D eigenvalue weighted by Crippen LogP contribution is 2.11. The summed E-state index contributed by atoms with van der Waals surface area (Å²) in [5.41, 5.74) is 1.45. The topological polar surface area (TPSA) is 88.4 Å². The van der Waals surface area contributed by atoms with E-state index in [1.165, 1.54) is 6.92 Å².